The van der Waals surface area contributed by atoms with Crippen molar-refractivity contribution in [2.45, 2.75) is 24.6 Å². The Bertz CT molecular complexity index is 1150. The Balaban J connectivity index is 1.53. The Morgan fingerprint density at radius 3 is 2.62 bits per heavy atom. The number of ether oxygens (including phenoxy) is 1. The van der Waals surface area contributed by atoms with Crippen LogP contribution in [0.3, 0.4) is 0 Å². The van der Waals surface area contributed by atoms with Gasteiger partial charge in [-0.2, -0.15) is 13.2 Å². The molecule has 1 amide bonds. The molecule has 0 aliphatic carbocycles. The molecule has 1 fully saturated rings. The van der Waals surface area contributed by atoms with Crippen LogP contribution in [-0.2, 0) is 6.18 Å². The summed E-state index contributed by atoms with van der Waals surface area (Å²) in [6.45, 7) is -1.36. The van der Waals surface area contributed by atoms with Crippen molar-refractivity contribution in [1.82, 2.24) is 14.9 Å². The zero-order valence-electron chi connectivity index (χ0n) is 16.3. The molecule has 1 aliphatic heterocycles. The standard InChI is InChI=1S/C21H16F5N3O3/c22-20(23)8-14(10-30)29(11-20)19(31)17-4-1-12-7-15(3-5-16(12)28-17)32-18-6-2-13(9-27-18)21(24,25)26/h1-7,9,14,30H,8,10-11H2/t14-/m0/s1. The lowest BCUT2D eigenvalue weighted by Crippen LogP contribution is -2.38. The van der Waals surface area contributed by atoms with Gasteiger partial charge in [-0.05, 0) is 30.3 Å². The molecule has 0 radical (unpaired) electrons. The highest BCUT2D eigenvalue weighted by Gasteiger charge is 2.47. The third-order valence-electron chi connectivity index (χ3n) is 5.01. The van der Waals surface area contributed by atoms with Gasteiger partial charge in [0.15, 0.2) is 0 Å². The van der Waals surface area contributed by atoms with Gasteiger partial charge < -0.3 is 14.7 Å². The molecular weight excluding hydrogens is 437 g/mol. The number of nitrogens with zero attached hydrogens (tertiary/aromatic N) is 3. The molecule has 32 heavy (non-hydrogen) atoms. The maximum absolute atomic E-state index is 13.7. The minimum absolute atomic E-state index is 0.0397. The smallest absolute Gasteiger partial charge is 0.417 e. The van der Waals surface area contributed by atoms with E-state index in [1.807, 2.05) is 0 Å². The van der Waals surface area contributed by atoms with Gasteiger partial charge in [-0.25, -0.2) is 18.7 Å². The topological polar surface area (TPSA) is 75.5 Å². The van der Waals surface area contributed by atoms with E-state index in [0.29, 0.717) is 17.1 Å². The van der Waals surface area contributed by atoms with Crippen LogP contribution < -0.4 is 4.74 Å². The van der Waals surface area contributed by atoms with Crippen LogP contribution in [0.25, 0.3) is 10.9 Å². The molecule has 2 aromatic heterocycles. The number of amides is 1. The number of carbonyl (C=O) groups excluding carboxylic acids is 1. The molecule has 1 aromatic carbocycles. The van der Waals surface area contributed by atoms with E-state index >= 15 is 0 Å². The summed E-state index contributed by atoms with van der Waals surface area (Å²) in [5, 5.41) is 9.87. The van der Waals surface area contributed by atoms with E-state index in [1.54, 1.807) is 12.1 Å². The molecule has 3 heterocycles. The van der Waals surface area contributed by atoms with E-state index in [2.05, 4.69) is 9.97 Å². The van der Waals surface area contributed by atoms with Gasteiger partial charge in [0.25, 0.3) is 11.8 Å². The summed E-state index contributed by atoms with van der Waals surface area (Å²) in [5.74, 6) is -3.54. The summed E-state index contributed by atoms with van der Waals surface area (Å²) < 4.78 is 70.7. The molecule has 4 rings (SSSR count). The number of halogens is 5. The molecule has 0 saturated carbocycles. The molecule has 0 spiro atoms. The summed E-state index contributed by atoms with van der Waals surface area (Å²) >= 11 is 0. The number of carbonyl (C=O) groups is 1. The van der Waals surface area contributed by atoms with E-state index in [0.717, 1.165) is 17.0 Å². The number of fused-ring (bicyclic) bond motifs is 1. The maximum Gasteiger partial charge on any atom is 0.417 e. The van der Waals surface area contributed by atoms with Crippen molar-refractivity contribution >= 4 is 16.8 Å². The van der Waals surface area contributed by atoms with Crippen molar-refractivity contribution in [3.8, 4) is 11.6 Å². The van der Waals surface area contributed by atoms with Crippen molar-refractivity contribution < 1.29 is 36.6 Å². The Morgan fingerprint density at radius 1 is 1.19 bits per heavy atom. The van der Waals surface area contributed by atoms with Crippen LogP contribution in [0.5, 0.6) is 11.6 Å². The number of aromatic nitrogens is 2. The van der Waals surface area contributed by atoms with Gasteiger partial charge in [0.05, 0.1) is 30.3 Å². The van der Waals surface area contributed by atoms with Crippen LogP contribution >= 0.6 is 0 Å². The predicted octanol–water partition coefficient (Wildman–Crippen LogP) is 4.28. The number of hydrogen-bond donors (Lipinski definition) is 1. The number of alkyl halides is 5. The highest BCUT2D eigenvalue weighted by atomic mass is 19.4. The van der Waals surface area contributed by atoms with Crippen LogP contribution in [0.4, 0.5) is 22.0 Å². The van der Waals surface area contributed by atoms with Gasteiger partial charge in [0, 0.05) is 24.1 Å². The third kappa shape index (κ3) is 4.47. The number of rotatable bonds is 4. The number of benzene rings is 1. The lowest BCUT2D eigenvalue weighted by Gasteiger charge is -2.21. The molecule has 6 nitrogen and oxygen atoms in total. The maximum atomic E-state index is 13.7. The molecule has 11 heteroatoms. The lowest BCUT2D eigenvalue weighted by atomic mass is 10.1. The number of pyridine rings is 2. The SMILES string of the molecule is O=C(c1ccc2cc(Oc3ccc(C(F)(F)F)cn3)ccc2n1)N1CC(F)(F)C[C@H]1CO. The molecule has 1 saturated heterocycles. The Kier molecular flexibility index (Phi) is 5.45. The first-order chi connectivity index (χ1) is 15.1. The zero-order valence-corrected chi connectivity index (χ0v) is 16.3. The summed E-state index contributed by atoms with van der Waals surface area (Å²) in [5.41, 5.74) is -0.564. The summed E-state index contributed by atoms with van der Waals surface area (Å²) in [4.78, 5) is 21.4. The van der Waals surface area contributed by atoms with Crippen molar-refractivity contribution in [2.24, 2.45) is 0 Å². The van der Waals surface area contributed by atoms with Crippen LogP contribution in [0.2, 0.25) is 0 Å². The van der Waals surface area contributed by atoms with Gasteiger partial charge >= 0.3 is 6.18 Å². The largest absolute Gasteiger partial charge is 0.439 e. The Labute approximate surface area is 178 Å². The molecule has 1 N–H and O–H groups in total. The number of aliphatic hydroxyl groups is 1. The molecule has 1 aliphatic rings. The highest BCUT2D eigenvalue weighted by molar-refractivity contribution is 5.95. The monoisotopic (exact) mass is 453 g/mol. The number of hydrogen-bond acceptors (Lipinski definition) is 5. The molecule has 168 valence electrons. The Morgan fingerprint density at radius 2 is 1.97 bits per heavy atom. The second-order valence-electron chi connectivity index (χ2n) is 7.37. The third-order valence-corrected chi connectivity index (χ3v) is 5.01. The minimum Gasteiger partial charge on any atom is -0.439 e. The first-order valence-corrected chi connectivity index (χ1v) is 9.47. The van der Waals surface area contributed by atoms with Crippen LogP contribution in [-0.4, -0.2) is 51.0 Å². The molecular formula is C21H16F5N3O3. The van der Waals surface area contributed by atoms with Crippen molar-refractivity contribution in [3.05, 3.63) is 59.9 Å². The fourth-order valence-corrected chi connectivity index (χ4v) is 3.46. The fraction of sp³-hybridized carbons (Fsp3) is 0.286. The summed E-state index contributed by atoms with van der Waals surface area (Å²) in [7, 11) is 0. The average Bonchev–Trinajstić information content (AvgIpc) is 3.07. The van der Waals surface area contributed by atoms with E-state index in [4.69, 9.17) is 4.74 Å². The van der Waals surface area contributed by atoms with Crippen molar-refractivity contribution in [1.29, 1.82) is 0 Å². The number of aliphatic hydroxyl groups excluding tert-OH is 1. The van der Waals surface area contributed by atoms with Gasteiger partial charge in [0.1, 0.15) is 11.4 Å². The van der Waals surface area contributed by atoms with Gasteiger partial charge in [-0.3, -0.25) is 4.79 Å². The highest BCUT2D eigenvalue weighted by Crippen LogP contribution is 2.33. The van der Waals surface area contributed by atoms with Gasteiger partial charge in [-0.15, -0.1) is 0 Å². The first kappa shape index (κ1) is 21.9. The zero-order chi connectivity index (χ0) is 23.1. The normalized spacial score (nSPS) is 18.2. The van der Waals surface area contributed by atoms with E-state index in [-0.39, 0.29) is 17.3 Å². The predicted molar refractivity (Wildman–Crippen MR) is 103 cm³/mol. The average molecular weight is 453 g/mol. The van der Waals surface area contributed by atoms with E-state index in [1.165, 1.54) is 18.2 Å². The molecule has 1 atom stereocenters. The quantitative estimate of drug-likeness (QED) is 0.597. The molecule has 0 bridgehead atoms. The molecule has 0 unspecified atom stereocenters. The summed E-state index contributed by atoms with van der Waals surface area (Å²) in [6.07, 6.45) is -4.45. The van der Waals surface area contributed by atoms with Crippen molar-refractivity contribution in [2.75, 3.05) is 13.2 Å². The second-order valence-corrected chi connectivity index (χ2v) is 7.37. The second kappa shape index (κ2) is 7.97. The fourth-order valence-electron chi connectivity index (χ4n) is 3.46. The van der Waals surface area contributed by atoms with Crippen LogP contribution in [0.1, 0.15) is 22.5 Å². The van der Waals surface area contributed by atoms with Crippen molar-refractivity contribution in [3.63, 3.8) is 0 Å². The first-order valence-electron chi connectivity index (χ1n) is 9.47. The lowest BCUT2D eigenvalue weighted by molar-refractivity contribution is -0.137. The Hall–Kier alpha value is -3.34. The van der Waals surface area contributed by atoms with Gasteiger partial charge in [-0.1, -0.05) is 6.07 Å². The van der Waals surface area contributed by atoms with Crippen LogP contribution in [0, 0.1) is 0 Å². The van der Waals surface area contributed by atoms with E-state index in [9.17, 15) is 31.9 Å². The number of likely N-dealkylation sites (tertiary alicyclic amines) is 1. The molecule has 3 aromatic rings. The van der Waals surface area contributed by atoms with Gasteiger partial charge in [0.2, 0.25) is 5.88 Å². The van der Waals surface area contributed by atoms with E-state index < -0.39 is 49.2 Å². The van der Waals surface area contributed by atoms with Crippen LogP contribution in [0.15, 0.2) is 48.7 Å². The summed E-state index contributed by atoms with van der Waals surface area (Å²) in [6, 6.07) is 8.44. The minimum atomic E-state index is -4.50.